The molecule has 0 aliphatic carbocycles. The molecule has 0 bridgehead atoms. The molecular formula is C9H18N6OS. The van der Waals surface area contributed by atoms with Gasteiger partial charge < -0.3 is 4.90 Å². The van der Waals surface area contributed by atoms with Gasteiger partial charge in [0.2, 0.25) is 0 Å². The van der Waals surface area contributed by atoms with Crippen LogP contribution in [-0.4, -0.2) is 57.9 Å². The van der Waals surface area contributed by atoms with Gasteiger partial charge in [-0.25, -0.2) is 5.84 Å². The van der Waals surface area contributed by atoms with Crippen LogP contribution in [0, 0.1) is 0 Å². The molecule has 1 amide bonds. The van der Waals surface area contributed by atoms with Gasteiger partial charge in [-0.15, -0.1) is 5.10 Å². The molecular weight excluding hydrogens is 240 g/mol. The van der Waals surface area contributed by atoms with E-state index < -0.39 is 5.91 Å². The first-order valence-electron chi connectivity index (χ1n) is 5.27. The lowest BCUT2D eigenvalue weighted by atomic mass is 10.5. The summed E-state index contributed by atoms with van der Waals surface area (Å²) in [5.74, 6) is 6.60. The molecule has 17 heavy (non-hydrogen) atoms. The van der Waals surface area contributed by atoms with Gasteiger partial charge in [0.15, 0.2) is 5.69 Å². The summed E-state index contributed by atoms with van der Waals surface area (Å²) in [6.07, 6.45) is 1.59. The first-order chi connectivity index (χ1) is 8.13. The summed E-state index contributed by atoms with van der Waals surface area (Å²) in [7, 11) is 4.10. The largest absolute Gasteiger partial charge is 0.309 e. The number of nitrogens with one attached hydrogen (secondary N) is 1. The predicted octanol–water partition coefficient (Wildman–Crippen LogP) is -0.824. The van der Waals surface area contributed by atoms with E-state index in [0.717, 1.165) is 24.6 Å². The number of hydrazine groups is 1. The Hall–Kier alpha value is -1.12. The third-order valence-corrected chi connectivity index (χ3v) is 2.99. The number of nitrogen functional groups attached to an aromatic ring is 1. The molecule has 7 nitrogen and oxygen atoms in total. The number of hydrogen-bond donors (Lipinski definition) is 2. The van der Waals surface area contributed by atoms with Crippen molar-refractivity contribution in [1.29, 1.82) is 0 Å². The molecule has 0 saturated heterocycles. The van der Waals surface area contributed by atoms with Crippen LogP contribution in [0.1, 0.15) is 10.5 Å². The van der Waals surface area contributed by atoms with E-state index >= 15 is 0 Å². The van der Waals surface area contributed by atoms with Crippen LogP contribution in [-0.2, 0) is 6.54 Å². The molecule has 96 valence electrons. The number of aryl methyl sites for hydroxylation is 1. The average Bonchev–Trinajstić information content (AvgIpc) is 2.76. The lowest BCUT2D eigenvalue weighted by Gasteiger charge is -2.08. The summed E-state index contributed by atoms with van der Waals surface area (Å²) in [6, 6.07) is 0. The summed E-state index contributed by atoms with van der Waals surface area (Å²) in [5, 5.41) is 7.56. The molecule has 8 heteroatoms. The maximum atomic E-state index is 11.1. The Labute approximate surface area is 105 Å². The van der Waals surface area contributed by atoms with Crippen LogP contribution < -0.4 is 11.3 Å². The Morgan fingerprint density at radius 3 is 3.00 bits per heavy atom. The van der Waals surface area contributed by atoms with Crippen molar-refractivity contribution in [2.45, 2.75) is 6.54 Å². The summed E-state index contributed by atoms with van der Waals surface area (Å²) in [6.45, 7) is 1.80. The number of amides is 1. The molecule has 1 aromatic rings. The van der Waals surface area contributed by atoms with E-state index in [0.29, 0.717) is 0 Å². The van der Waals surface area contributed by atoms with Crippen molar-refractivity contribution in [3.63, 3.8) is 0 Å². The fraction of sp³-hybridized carbons (Fsp3) is 0.667. The van der Waals surface area contributed by atoms with E-state index in [4.69, 9.17) is 5.84 Å². The maximum Gasteiger partial charge on any atom is 0.287 e. The highest BCUT2D eigenvalue weighted by Gasteiger charge is 2.08. The van der Waals surface area contributed by atoms with Gasteiger partial charge in [-0.1, -0.05) is 5.21 Å². The maximum absolute atomic E-state index is 11.1. The summed E-state index contributed by atoms with van der Waals surface area (Å²) in [4.78, 5) is 13.3. The molecule has 1 heterocycles. The topological polar surface area (TPSA) is 89.1 Å². The van der Waals surface area contributed by atoms with Crippen LogP contribution in [0.15, 0.2) is 6.20 Å². The zero-order valence-corrected chi connectivity index (χ0v) is 10.9. The number of carbonyl (C=O) groups excluding carboxylic acids is 1. The highest BCUT2D eigenvalue weighted by molar-refractivity contribution is 7.99. The van der Waals surface area contributed by atoms with Crippen LogP contribution in [0.3, 0.4) is 0 Å². The summed E-state index contributed by atoms with van der Waals surface area (Å²) in [5.41, 5.74) is 2.26. The fourth-order valence-electron chi connectivity index (χ4n) is 1.09. The highest BCUT2D eigenvalue weighted by Crippen LogP contribution is 2.01. The Bertz CT molecular complexity index is 353. The molecule has 1 rings (SSSR count). The highest BCUT2D eigenvalue weighted by atomic mass is 32.2. The second-order valence-corrected chi connectivity index (χ2v) is 4.98. The number of nitrogens with zero attached hydrogens (tertiary/aromatic N) is 4. The molecule has 0 aromatic carbocycles. The van der Waals surface area contributed by atoms with Crippen molar-refractivity contribution in [2.24, 2.45) is 5.84 Å². The molecule has 0 fully saturated rings. The van der Waals surface area contributed by atoms with Crippen molar-refractivity contribution in [1.82, 2.24) is 25.3 Å². The van der Waals surface area contributed by atoms with Crippen LogP contribution >= 0.6 is 11.8 Å². The van der Waals surface area contributed by atoms with Gasteiger partial charge in [0.1, 0.15) is 0 Å². The summed E-state index contributed by atoms with van der Waals surface area (Å²) >= 11 is 1.84. The van der Waals surface area contributed by atoms with Crippen LogP contribution in [0.25, 0.3) is 0 Å². The lowest BCUT2D eigenvalue weighted by Crippen LogP contribution is -2.30. The first kappa shape index (κ1) is 13.9. The van der Waals surface area contributed by atoms with Gasteiger partial charge in [0, 0.05) is 18.1 Å². The van der Waals surface area contributed by atoms with E-state index in [-0.39, 0.29) is 5.69 Å². The van der Waals surface area contributed by atoms with E-state index in [1.807, 2.05) is 17.2 Å². The van der Waals surface area contributed by atoms with E-state index in [1.165, 1.54) is 0 Å². The Morgan fingerprint density at radius 1 is 1.59 bits per heavy atom. The molecule has 0 radical (unpaired) electrons. The third kappa shape index (κ3) is 5.16. The van der Waals surface area contributed by atoms with Gasteiger partial charge >= 0.3 is 0 Å². The lowest BCUT2D eigenvalue weighted by molar-refractivity contribution is 0.0948. The Morgan fingerprint density at radius 2 is 2.35 bits per heavy atom. The van der Waals surface area contributed by atoms with Crippen LogP contribution in [0.5, 0.6) is 0 Å². The molecule has 0 aliphatic heterocycles. The first-order valence-corrected chi connectivity index (χ1v) is 6.42. The molecule has 3 N–H and O–H groups in total. The second-order valence-electron chi connectivity index (χ2n) is 3.76. The molecule has 0 aliphatic rings. The average molecular weight is 258 g/mol. The third-order valence-electron chi connectivity index (χ3n) is 2.05. The van der Waals surface area contributed by atoms with Crippen molar-refractivity contribution >= 4 is 17.7 Å². The van der Waals surface area contributed by atoms with Crippen LogP contribution in [0.4, 0.5) is 0 Å². The zero-order valence-electron chi connectivity index (χ0n) is 10.1. The second kappa shape index (κ2) is 7.25. The molecule has 0 unspecified atom stereocenters. The van der Waals surface area contributed by atoms with Gasteiger partial charge in [-0.05, 0) is 14.1 Å². The Kier molecular flexibility index (Phi) is 5.95. The zero-order chi connectivity index (χ0) is 12.7. The van der Waals surface area contributed by atoms with Crippen molar-refractivity contribution in [3.05, 3.63) is 11.9 Å². The number of carbonyl (C=O) groups is 1. The van der Waals surface area contributed by atoms with Gasteiger partial charge in [-0.2, -0.15) is 11.8 Å². The molecule has 0 saturated carbocycles. The van der Waals surface area contributed by atoms with Crippen molar-refractivity contribution in [3.8, 4) is 0 Å². The van der Waals surface area contributed by atoms with E-state index in [2.05, 4.69) is 29.3 Å². The standard InChI is InChI=1S/C9H18N6OS/c1-14(2)3-5-17-6-4-15-7-8(12-13-15)9(16)11-10/h7H,3-6,10H2,1-2H3,(H,11,16). The minimum absolute atomic E-state index is 0.241. The molecule has 0 spiro atoms. The van der Waals surface area contributed by atoms with Crippen LogP contribution in [0.2, 0.25) is 0 Å². The minimum Gasteiger partial charge on any atom is -0.309 e. The minimum atomic E-state index is -0.420. The SMILES string of the molecule is CN(C)CCSCCn1cc(C(=O)NN)nn1. The number of rotatable bonds is 7. The predicted molar refractivity (Wildman–Crippen MR) is 67.6 cm³/mol. The number of hydrogen-bond acceptors (Lipinski definition) is 6. The molecule has 1 aromatic heterocycles. The smallest absolute Gasteiger partial charge is 0.287 e. The van der Waals surface area contributed by atoms with Gasteiger partial charge in [0.25, 0.3) is 5.91 Å². The number of nitrogens with two attached hydrogens (primary N) is 1. The number of thioether (sulfide) groups is 1. The quantitative estimate of drug-likeness (QED) is 0.287. The van der Waals surface area contributed by atoms with Crippen molar-refractivity contribution < 1.29 is 4.79 Å². The Balaban J connectivity index is 2.23. The van der Waals surface area contributed by atoms with E-state index in [9.17, 15) is 4.79 Å². The van der Waals surface area contributed by atoms with Crippen molar-refractivity contribution in [2.75, 3.05) is 32.1 Å². The van der Waals surface area contributed by atoms with E-state index in [1.54, 1.807) is 10.9 Å². The summed E-state index contributed by atoms with van der Waals surface area (Å²) < 4.78 is 1.65. The van der Waals surface area contributed by atoms with Gasteiger partial charge in [0.05, 0.1) is 12.7 Å². The number of aromatic nitrogens is 3. The normalized spacial score (nSPS) is 10.8. The van der Waals surface area contributed by atoms with Gasteiger partial charge in [-0.3, -0.25) is 14.9 Å². The monoisotopic (exact) mass is 258 g/mol. The fourth-order valence-corrected chi connectivity index (χ4v) is 2.11. The molecule has 0 atom stereocenters.